The Morgan fingerprint density at radius 3 is 2.14 bits per heavy atom. The molecule has 0 heterocycles. The molecule has 21 heavy (non-hydrogen) atoms. The van der Waals surface area contributed by atoms with Crippen molar-refractivity contribution in [3.05, 3.63) is 88.8 Å². The van der Waals surface area contributed by atoms with Crippen molar-refractivity contribution in [3.8, 4) is 0 Å². The van der Waals surface area contributed by atoms with Gasteiger partial charge >= 0.3 is 0 Å². The van der Waals surface area contributed by atoms with Crippen molar-refractivity contribution < 1.29 is 0 Å². The number of rotatable bonds is 2. The fourth-order valence-electron chi connectivity index (χ4n) is 2.89. The van der Waals surface area contributed by atoms with Crippen LogP contribution < -0.4 is 0 Å². The van der Waals surface area contributed by atoms with Crippen molar-refractivity contribution in [1.29, 1.82) is 0 Å². The third kappa shape index (κ3) is 2.62. The molecule has 102 valence electrons. The molecule has 4 rings (SSSR count). The van der Waals surface area contributed by atoms with E-state index >= 15 is 0 Å². The number of allylic oxidation sites excluding steroid dienone is 2. The summed E-state index contributed by atoms with van der Waals surface area (Å²) in [5, 5.41) is 2.70. The van der Waals surface area contributed by atoms with Crippen LogP contribution in [0.5, 0.6) is 0 Å². The summed E-state index contributed by atoms with van der Waals surface area (Å²) in [6.07, 6.45) is 4.49. The summed E-state index contributed by atoms with van der Waals surface area (Å²) in [5.41, 5.74) is 2.96. The summed E-state index contributed by atoms with van der Waals surface area (Å²) in [4.78, 5) is 2.79. The molecule has 1 heteroatoms. The van der Waals surface area contributed by atoms with E-state index in [1.54, 1.807) is 0 Å². The van der Waals surface area contributed by atoms with E-state index in [1.165, 1.54) is 31.7 Å². The van der Waals surface area contributed by atoms with Gasteiger partial charge in [0.1, 0.15) is 0 Å². The summed E-state index contributed by atoms with van der Waals surface area (Å²) in [7, 11) is 0. The molecule has 0 saturated carbocycles. The standard InChI is InChI=1S/C20H16S/c1-2-8-19(9-3-1)21-20-11-10-17-12-15-6-4-5-7-16(15)13-18(17)14-20/h1-9,11-13H,10,14H2. The fourth-order valence-corrected chi connectivity index (χ4v) is 3.88. The van der Waals surface area contributed by atoms with Crippen LogP contribution in [-0.2, 0) is 12.8 Å². The Kier molecular flexibility index (Phi) is 3.28. The Morgan fingerprint density at radius 2 is 1.38 bits per heavy atom. The van der Waals surface area contributed by atoms with Crippen LogP contribution in [0.3, 0.4) is 0 Å². The van der Waals surface area contributed by atoms with Gasteiger partial charge in [-0.2, -0.15) is 0 Å². The molecule has 0 aromatic heterocycles. The van der Waals surface area contributed by atoms with Gasteiger partial charge in [0.25, 0.3) is 0 Å². The summed E-state index contributed by atoms with van der Waals surface area (Å²) < 4.78 is 0. The second kappa shape index (κ2) is 5.42. The second-order valence-electron chi connectivity index (χ2n) is 5.43. The van der Waals surface area contributed by atoms with Gasteiger partial charge in [-0.25, -0.2) is 0 Å². The van der Waals surface area contributed by atoms with E-state index in [0.29, 0.717) is 0 Å². The molecule has 0 amide bonds. The van der Waals surface area contributed by atoms with Crippen LogP contribution >= 0.6 is 11.8 Å². The van der Waals surface area contributed by atoms with E-state index in [-0.39, 0.29) is 0 Å². The molecule has 0 radical (unpaired) electrons. The van der Waals surface area contributed by atoms with Crippen LogP contribution in [0, 0.1) is 0 Å². The average Bonchev–Trinajstić information content (AvgIpc) is 2.54. The Bertz CT molecular complexity index is 816. The zero-order chi connectivity index (χ0) is 14.1. The molecule has 3 aromatic rings. The Morgan fingerprint density at radius 1 is 0.714 bits per heavy atom. The van der Waals surface area contributed by atoms with Crippen LogP contribution in [0.25, 0.3) is 10.8 Å². The van der Waals surface area contributed by atoms with E-state index in [0.717, 1.165) is 12.8 Å². The Hall–Kier alpha value is -1.99. The zero-order valence-electron chi connectivity index (χ0n) is 11.8. The van der Waals surface area contributed by atoms with Crippen molar-refractivity contribution in [2.24, 2.45) is 0 Å². The molecule has 0 unspecified atom stereocenters. The molecule has 0 N–H and O–H groups in total. The molecular formula is C20H16S. The molecule has 3 aromatic carbocycles. The number of hydrogen-bond acceptors (Lipinski definition) is 1. The van der Waals surface area contributed by atoms with Crippen molar-refractivity contribution in [2.75, 3.05) is 0 Å². The highest BCUT2D eigenvalue weighted by Gasteiger charge is 2.13. The first-order valence-corrected chi connectivity index (χ1v) is 8.13. The third-order valence-electron chi connectivity index (χ3n) is 3.97. The summed E-state index contributed by atoms with van der Waals surface area (Å²) in [6.45, 7) is 0. The molecule has 0 saturated heterocycles. The van der Waals surface area contributed by atoms with E-state index in [9.17, 15) is 0 Å². The van der Waals surface area contributed by atoms with Gasteiger partial charge in [0, 0.05) is 11.3 Å². The summed E-state index contributed by atoms with van der Waals surface area (Å²) in [5.74, 6) is 0. The predicted octanol–water partition coefficient (Wildman–Crippen LogP) is 5.61. The van der Waals surface area contributed by atoms with Crippen LogP contribution in [0.15, 0.2) is 82.6 Å². The minimum atomic E-state index is 1.05. The zero-order valence-corrected chi connectivity index (χ0v) is 12.6. The van der Waals surface area contributed by atoms with Crippen molar-refractivity contribution in [1.82, 2.24) is 0 Å². The van der Waals surface area contributed by atoms with Crippen molar-refractivity contribution >= 4 is 22.5 Å². The predicted molar refractivity (Wildman–Crippen MR) is 91.7 cm³/mol. The maximum Gasteiger partial charge on any atom is 0.0119 e. The lowest BCUT2D eigenvalue weighted by atomic mass is 9.93. The SMILES string of the molecule is C1=C(Sc2ccccc2)Cc2cc3ccccc3cc2C1. The topological polar surface area (TPSA) is 0 Å². The molecule has 0 aliphatic heterocycles. The van der Waals surface area contributed by atoms with Crippen LogP contribution in [-0.4, -0.2) is 0 Å². The van der Waals surface area contributed by atoms with Gasteiger partial charge < -0.3 is 0 Å². The van der Waals surface area contributed by atoms with Gasteiger partial charge in [0.15, 0.2) is 0 Å². The number of fused-ring (bicyclic) bond motifs is 2. The maximum absolute atomic E-state index is 2.38. The van der Waals surface area contributed by atoms with Crippen molar-refractivity contribution in [3.63, 3.8) is 0 Å². The van der Waals surface area contributed by atoms with Gasteiger partial charge in [-0.15, -0.1) is 0 Å². The fraction of sp³-hybridized carbons (Fsp3) is 0.100. The lowest BCUT2D eigenvalue weighted by molar-refractivity contribution is 1.08. The molecule has 1 aliphatic carbocycles. The van der Waals surface area contributed by atoms with Crippen LogP contribution in [0.2, 0.25) is 0 Å². The Labute approximate surface area is 129 Å². The Balaban J connectivity index is 1.64. The minimum absolute atomic E-state index is 1.05. The normalized spacial score (nSPS) is 13.8. The minimum Gasteiger partial charge on any atom is -0.0945 e. The van der Waals surface area contributed by atoms with E-state index in [4.69, 9.17) is 0 Å². The lowest BCUT2D eigenvalue weighted by Gasteiger charge is -2.18. The van der Waals surface area contributed by atoms with E-state index in [2.05, 4.69) is 72.8 Å². The largest absolute Gasteiger partial charge is 0.0945 e. The highest BCUT2D eigenvalue weighted by Crippen LogP contribution is 2.34. The van der Waals surface area contributed by atoms with Crippen LogP contribution in [0.1, 0.15) is 11.1 Å². The first-order chi connectivity index (χ1) is 10.4. The molecule has 0 atom stereocenters. The monoisotopic (exact) mass is 288 g/mol. The summed E-state index contributed by atoms with van der Waals surface area (Å²) in [6, 6.07) is 24.0. The van der Waals surface area contributed by atoms with Gasteiger partial charge in [-0.05, 0) is 45.4 Å². The first kappa shape index (κ1) is 12.7. The first-order valence-electron chi connectivity index (χ1n) is 7.31. The quantitative estimate of drug-likeness (QED) is 0.590. The van der Waals surface area contributed by atoms with Gasteiger partial charge in [0.2, 0.25) is 0 Å². The maximum atomic E-state index is 2.38. The third-order valence-corrected chi connectivity index (χ3v) is 5.06. The lowest BCUT2D eigenvalue weighted by Crippen LogP contribution is -2.01. The molecule has 1 aliphatic rings. The molecule has 0 bridgehead atoms. The number of benzene rings is 3. The molecule has 0 nitrogen and oxygen atoms in total. The van der Waals surface area contributed by atoms with Crippen LogP contribution in [0.4, 0.5) is 0 Å². The van der Waals surface area contributed by atoms with Crippen molar-refractivity contribution in [2.45, 2.75) is 17.7 Å². The highest BCUT2D eigenvalue weighted by atomic mass is 32.2. The average molecular weight is 288 g/mol. The van der Waals surface area contributed by atoms with E-state index < -0.39 is 0 Å². The summed E-state index contributed by atoms with van der Waals surface area (Å²) >= 11 is 1.89. The highest BCUT2D eigenvalue weighted by molar-refractivity contribution is 8.03. The van der Waals surface area contributed by atoms with E-state index in [1.807, 2.05) is 11.8 Å². The molecular weight excluding hydrogens is 272 g/mol. The number of thioether (sulfide) groups is 1. The molecule has 0 spiro atoms. The number of hydrogen-bond donors (Lipinski definition) is 0. The second-order valence-corrected chi connectivity index (χ2v) is 6.63. The van der Waals surface area contributed by atoms with Gasteiger partial charge in [-0.1, -0.05) is 72.4 Å². The molecule has 0 fully saturated rings. The smallest absolute Gasteiger partial charge is 0.0119 e. The van der Waals surface area contributed by atoms with Gasteiger partial charge in [-0.3, -0.25) is 0 Å². The van der Waals surface area contributed by atoms with Gasteiger partial charge in [0.05, 0.1) is 0 Å².